The molecular weight excluding hydrogens is 450 g/mol. The van der Waals surface area contributed by atoms with E-state index in [1.165, 1.54) is 11.8 Å². The maximum absolute atomic E-state index is 12.5. The zero-order chi connectivity index (χ0) is 24.8. The molecule has 182 valence electrons. The van der Waals surface area contributed by atoms with Gasteiger partial charge in [0.2, 0.25) is 23.6 Å². The zero-order valence-corrected chi connectivity index (χ0v) is 18.2. The number of primary amides is 1. The fourth-order valence-corrected chi connectivity index (χ4v) is 2.82. The second-order valence-electron chi connectivity index (χ2n) is 6.70. The highest BCUT2D eigenvalue weighted by Crippen LogP contribution is 2.04. The Kier molecular flexibility index (Phi) is 13.6. The van der Waals surface area contributed by atoms with Crippen LogP contribution in [-0.2, 0) is 28.8 Å². The van der Waals surface area contributed by atoms with Gasteiger partial charge in [-0.15, -0.1) is 0 Å². The van der Waals surface area contributed by atoms with Gasteiger partial charge in [0.1, 0.15) is 18.1 Å². The third-order valence-electron chi connectivity index (χ3n) is 4.08. The molecule has 14 nitrogen and oxygen atoms in total. The molecule has 0 fully saturated rings. The zero-order valence-electron chi connectivity index (χ0n) is 17.4. The SMILES string of the molecule is CSCCC(NC(=O)C(CCC(N)=O)NC(=O)C(CO)NC(=O)C(N)CC(=O)O)C(=O)O. The monoisotopic (exact) mass is 479 g/mol. The maximum atomic E-state index is 12.5. The van der Waals surface area contributed by atoms with E-state index in [1.54, 1.807) is 6.26 Å². The van der Waals surface area contributed by atoms with E-state index in [0.717, 1.165) is 0 Å². The van der Waals surface area contributed by atoms with E-state index >= 15 is 0 Å². The van der Waals surface area contributed by atoms with Gasteiger partial charge in [0.15, 0.2) is 0 Å². The molecule has 0 spiro atoms. The minimum absolute atomic E-state index is 0.107. The van der Waals surface area contributed by atoms with Crippen molar-refractivity contribution < 1.29 is 44.1 Å². The third kappa shape index (κ3) is 11.5. The number of amides is 4. The highest BCUT2D eigenvalue weighted by molar-refractivity contribution is 7.98. The number of carbonyl (C=O) groups is 6. The molecule has 0 aromatic rings. The molecule has 4 unspecified atom stereocenters. The van der Waals surface area contributed by atoms with Gasteiger partial charge in [-0.05, 0) is 24.9 Å². The number of nitrogens with two attached hydrogens (primary N) is 2. The minimum atomic E-state index is -1.59. The predicted molar refractivity (Wildman–Crippen MR) is 112 cm³/mol. The number of hydrogen-bond donors (Lipinski definition) is 8. The standard InChI is InChI=1S/C17H29N5O9S/c1-32-5-4-10(17(30)31)21-15(28)9(2-3-12(19)24)20-16(29)11(7-23)22-14(27)8(18)6-13(25)26/h8-11,23H,2-7,18H2,1H3,(H2,19,24)(H,20,29)(H,21,28)(H,22,27)(H,25,26)(H,30,31). The number of hydrogen-bond acceptors (Lipinski definition) is 9. The van der Waals surface area contributed by atoms with Crippen LogP contribution in [0.25, 0.3) is 0 Å². The van der Waals surface area contributed by atoms with E-state index in [0.29, 0.717) is 5.75 Å². The Labute approximate surface area is 187 Å². The Hall–Kier alpha value is -2.91. The summed E-state index contributed by atoms with van der Waals surface area (Å²) in [4.78, 5) is 70.0. The molecule has 0 aliphatic heterocycles. The number of carboxylic acid groups (broad SMARTS) is 2. The summed E-state index contributed by atoms with van der Waals surface area (Å²) in [5.74, 6) is -5.95. The van der Waals surface area contributed by atoms with E-state index in [2.05, 4.69) is 16.0 Å². The van der Waals surface area contributed by atoms with Crippen LogP contribution in [-0.4, -0.2) is 93.7 Å². The lowest BCUT2D eigenvalue weighted by atomic mass is 10.1. The summed E-state index contributed by atoms with van der Waals surface area (Å²) in [6.45, 7) is -0.910. The molecule has 0 aliphatic carbocycles. The molecule has 0 aromatic heterocycles. The average molecular weight is 480 g/mol. The van der Waals surface area contributed by atoms with E-state index < -0.39 is 72.8 Å². The third-order valence-corrected chi connectivity index (χ3v) is 4.73. The van der Waals surface area contributed by atoms with E-state index in [1.807, 2.05) is 0 Å². The van der Waals surface area contributed by atoms with E-state index in [4.69, 9.17) is 16.6 Å². The van der Waals surface area contributed by atoms with Gasteiger partial charge in [-0.2, -0.15) is 11.8 Å². The fourth-order valence-electron chi connectivity index (χ4n) is 2.35. The first-order chi connectivity index (χ1) is 14.9. The Morgan fingerprint density at radius 2 is 1.41 bits per heavy atom. The van der Waals surface area contributed by atoms with Gasteiger partial charge < -0.3 is 42.7 Å². The van der Waals surface area contributed by atoms with Crippen LogP contribution in [0, 0.1) is 0 Å². The van der Waals surface area contributed by atoms with Gasteiger partial charge in [-0.3, -0.25) is 24.0 Å². The maximum Gasteiger partial charge on any atom is 0.326 e. The number of carboxylic acids is 2. The Morgan fingerprint density at radius 3 is 1.88 bits per heavy atom. The van der Waals surface area contributed by atoms with Crippen LogP contribution in [0.5, 0.6) is 0 Å². The summed E-state index contributed by atoms with van der Waals surface area (Å²) in [6, 6.07) is -5.72. The largest absolute Gasteiger partial charge is 0.481 e. The molecule has 0 rings (SSSR count). The number of thioether (sulfide) groups is 1. The van der Waals surface area contributed by atoms with Gasteiger partial charge >= 0.3 is 11.9 Å². The van der Waals surface area contributed by atoms with Crippen LogP contribution in [0.15, 0.2) is 0 Å². The molecule has 4 atom stereocenters. The number of aliphatic hydroxyl groups is 1. The van der Waals surface area contributed by atoms with Crippen LogP contribution in [0.3, 0.4) is 0 Å². The van der Waals surface area contributed by atoms with Gasteiger partial charge in [0, 0.05) is 6.42 Å². The molecule has 0 aromatic carbocycles. The van der Waals surface area contributed by atoms with Crippen molar-refractivity contribution in [3.63, 3.8) is 0 Å². The first kappa shape index (κ1) is 29.1. The number of aliphatic hydroxyl groups excluding tert-OH is 1. The Morgan fingerprint density at radius 1 is 0.875 bits per heavy atom. The van der Waals surface area contributed by atoms with Crippen molar-refractivity contribution in [2.45, 2.75) is 49.9 Å². The van der Waals surface area contributed by atoms with Crippen molar-refractivity contribution >= 4 is 47.3 Å². The first-order valence-electron chi connectivity index (χ1n) is 9.42. The lowest BCUT2D eigenvalue weighted by Gasteiger charge is -2.24. The Balaban J connectivity index is 5.30. The van der Waals surface area contributed by atoms with Crippen molar-refractivity contribution in [1.82, 2.24) is 16.0 Å². The molecule has 10 N–H and O–H groups in total. The highest BCUT2D eigenvalue weighted by Gasteiger charge is 2.30. The van der Waals surface area contributed by atoms with Crippen LogP contribution in [0.4, 0.5) is 0 Å². The van der Waals surface area contributed by atoms with Crippen LogP contribution < -0.4 is 27.4 Å². The molecule has 0 saturated carbocycles. The first-order valence-corrected chi connectivity index (χ1v) is 10.8. The minimum Gasteiger partial charge on any atom is -0.481 e. The van der Waals surface area contributed by atoms with Crippen LogP contribution >= 0.6 is 11.8 Å². The number of aliphatic carboxylic acids is 2. The van der Waals surface area contributed by atoms with E-state index in [-0.39, 0.29) is 19.3 Å². The molecule has 0 radical (unpaired) electrons. The number of nitrogens with one attached hydrogen (secondary N) is 3. The number of carbonyl (C=O) groups excluding carboxylic acids is 4. The highest BCUT2D eigenvalue weighted by atomic mass is 32.2. The van der Waals surface area contributed by atoms with Crippen molar-refractivity contribution in [2.24, 2.45) is 11.5 Å². The molecule has 15 heteroatoms. The molecule has 0 heterocycles. The number of rotatable bonds is 16. The van der Waals surface area contributed by atoms with Gasteiger partial charge in [-0.1, -0.05) is 0 Å². The van der Waals surface area contributed by atoms with E-state index in [9.17, 15) is 39.0 Å². The molecule has 0 bridgehead atoms. The van der Waals surface area contributed by atoms with Gasteiger partial charge in [0.25, 0.3) is 0 Å². The normalized spacial score (nSPS) is 14.3. The average Bonchev–Trinajstić information content (AvgIpc) is 2.70. The van der Waals surface area contributed by atoms with Crippen molar-refractivity contribution in [3.05, 3.63) is 0 Å². The van der Waals surface area contributed by atoms with Crippen molar-refractivity contribution in [1.29, 1.82) is 0 Å². The fraction of sp³-hybridized carbons (Fsp3) is 0.647. The molecule has 0 saturated heterocycles. The van der Waals surface area contributed by atoms with Crippen molar-refractivity contribution in [2.75, 3.05) is 18.6 Å². The molecular formula is C17H29N5O9S. The summed E-state index contributed by atoms with van der Waals surface area (Å²) in [6.07, 6.45) is 0.548. The lowest BCUT2D eigenvalue weighted by Crippen LogP contribution is -2.58. The topological polar surface area (TPSA) is 251 Å². The summed E-state index contributed by atoms with van der Waals surface area (Å²) >= 11 is 1.37. The Bertz CT molecular complexity index is 706. The van der Waals surface area contributed by atoms with Crippen molar-refractivity contribution in [3.8, 4) is 0 Å². The quantitative estimate of drug-likeness (QED) is 0.107. The summed E-state index contributed by atoms with van der Waals surface area (Å²) in [5, 5.41) is 33.9. The van der Waals surface area contributed by atoms with Crippen LogP contribution in [0.2, 0.25) is 0 Å². The summed E-state index contributed by atoms with van der Waals surface area (Å²) < 4.78 is 0. The van der Waals surface area contributed by atoms with Crippen LogP contribution in [0.1, 0.15) is 25.7 Å². The lowest BCUT2D eigenvalue weighted by molar-refractivity contribution is -0.142. The second kappa shape index (κ2) is 15.0. The predicted octanol–water partition coefficient (Wildman–Crippen LogP) is -3.66. The summed E-state index contributed by atoms with van der Waals surface area (Å²) in [5.41, 5.74) is 10.5. The molecule has 32 heavy (non-hydrogen) atoms. The molecule has 4 amide bonds. The van der Waals surface area contributed by atoms with Gasteiger partial charge in [0.05, 0.1) is 19.1 Å². The summed E-state index contributed by atoms with van der Waals surface area (Å²) in [7, 11) is 0. The van der Waals surface area contributed by atoms with Gasteiger partial charge in [-0.25, -0.2) is 4.79 Å². The molecule has 0 aliphatic rings. The smallest absolute Gasteiger partial charge is 0.326 e. The second-order valence-corrected chi connectivity index (χ2v) is 7.68.